The third-order valence-corrected chi connectivity index (χ3v) is 1.93. The summed E-state index contributed by atoms with van der Waals surface area (Å²) in [6.45, 7) is 4.51. The molecular formula is C10H22N2O2. The zero-order chi connectivity index (χ0) is 11.0. The summed E-state index contributed by atoms with van der Waals surface area (Å²) >= 11 is 0. The number of nitrogens with one attached hydrogen (secondary N) is 1. The Hall–Kier alpha value is -0.610. The molecule has 4 heteroatoms. The summed E-state index contributed by atoms with van der Waals surface area (Å²) in [5, 5.41) is 2.83. The van der Waals surface area contributed by atoms with E-state index in [1.807, 2.05) is 6.92 Å². The highest BCUT2D eigenvalue weighted by atomic mass is 16.5. The first kappa shape index (κ1) is 13.4. The van der Waals surface area contributed by atoms with E-state index in [9.17, 15) is 4.79 Å². The van der Waals surface area contributed by atoms with Gasteiger partial charge in [0.25, 0.3) is 0 Å². The molecular weight excluding hydrogens is 180 g/mol. The third-order valence-electron chi connectivity index (χ3n) is 1.93. The lowest BCUT2D eigenvalue weighted by atomic mass is 10.1. The predicted molar refractivity (Wildman–Crippen MR) is 57.0 cm³/mol. The van der Waals surface area contributed by atoms with Crippen LogP contribution in [0.4, 0.5) is 0 Å². The Bertz CT molecular complexity index is 146. The van der Waals surface area contributed by atoms with Gasteiger partial charge in [-0.1, -0.05) is 13.3 Å². The summed E-state index contributed by atoms with van der Waals surface area (Å²) in [7, 11) is 1.62. The zero-order valence-electron chi connectivity index (χ0n) is 9.38. The second kappa shape index (κ2) is 7.76. The topological polar surface area (TPSA) is 64.4 Å². The number of rotatable bonds is 7. The average molecular weight is 202 g/mol. The second-order valence-electron chi connectivity index (χ2n) is 3.68. The smallest absolute Gasteiger partial charge is 0.221 e. The first-order chi connectivity index (χ1) is 6.60. The molecule has 0 rings (SSSR count). The molecule has 0 aliphatic carbocycles. The number of carbonyl (C=O) groups excluding carboxylic acids is 1. The molecule has 0 aromatic heterocycles. The highest BCUT2D eigenvalue weighted by molar-refractivity contribution is 5.76. The van der Waals surface area contributed by atoms with Gasteiger partial charge >= 0.3 is 0 Å². The van der Waals surface area contributed by atoms with E-state index in [4.69, 9.17) is 10.5 Å². The molecule has 0 spiro atoms. The van der Waals surface area contributed by atoms with Crippen LogP contribution in [0.25, 0.3) is 0 Å². The van der Waals surface area contributed by atoms with Crippen molar-refractivity contribution in [2.45, 2.75) is 45.2 Å². The van der Waals surface area contributed by atoms with Crippen LogP contribution in [0.1, 0.15) is 33.1 Å². The molecule has 1 amide bonds. The number of ether oxygens (including phenoxy) is 1. The fourth-order valence-corrected chi connectivity index (χ4v) is 1.34. The monoisotopic (exact) mass is 202 g/mol. The predicted octanol–water partition coefficient (Wildman–Crippen LogP) is 0.655. The highest BCUT2D eigenvalue weighted by Gasteiger charge is 2.10. The van der Waals surface area contributed by atoms with Gasteiger partial charge in [-0.15, -0.1) is 0 Å². The van der Waals surface area contributed by atoms with E-state index in [0.29, 0.717) is 13.0 Å². The molecule has 0 saturated carbocycles. The van der Waals surface area contributed by atoms with E-state index in [1.54, 1.807) is 7.11 Å². The van der Waals surface area contributed by atoms with Crippen LogP contribution in [0.3, 0.4) is 0 Å². The minimum atomic E-state index is -0.0188. The summed E-state index contributed by atoms with van der Waals surface area (Å²) in [6.07, 6.45) is 2.32. The maximum atomic E-state index is 11.4. The van der Waals surface area contributed by atoms with Gasteiger partial charge in [-0.2, -0.15) is 0 Å². The average Bonchev–Trinajstić information content (AvgIpc) is 2.03. The standard InChI is InChI=1S/C10H22N2O2/c1-4-5-9(11)6-10(13)12-8(2)7-14-3/h8-9H,4-7,11H2,1-3H3,(H,12,13). The Balaban J connectivity index is 3.63. The molecule has 84 valence electrons. The lowest BCUT2D eigenvalue weighted by molar-refractivity contribution is -0.122. The molecule has 14 heavy (non-hydrogen) atoms. The third kappa shape index (κ3) is 6.86. The first-order valence-corrected chi connectivity index (χ1v) is 5.14. The molecule has 3 N–H and O–H groups in total. The number of hydrogen-bond donors (Lipinski definition) is 2. The van der Waals surface area contributed by atoms with E-state index in [1.165, 1.54) is 0 Å². The molecule has 0 aromatic rings. The summed E-state index contributed by atoms with van der Waals surface area (Å²) in [5.41, 5.74) is 5.74. The maximum absolute atomic E-state index is 11.4. The minimum absolute atomic E-state index is 0.00972. The van der Waals surface area contributed by atoms with Crippen molar-refractivity contribution in [3.05, 3.63) is 0 Å². The Morgan fingerprint density at radius 3 is 2.71 bits per heavy atom. The van der Waals surface area contributed by atoms with Gasteiger partial charge in [0.2, 0.25) is 5.91 Å². The van der Waals surface area contributed by atoms with Crippen LogP contribution in [0.2, 0.25) is 0 Å². The quantitative estimate of drug-likeness (QED) is 0.637. The molecule has 2 unspecified atom stereocenters. The second-order valence-corrected chi connectivity index (χ2v) is 3.68. The van der Waals surface area contributed by atoms with Crippen molar-refractivity contribution in [3.8, 4) is 0 Å². The van der Waals surface area contributed by atoms with E-state index < -0.39 is 0 Å². The zero-order valence-corrected chi connectivity index (χ0v) is 9.38. The van der Waals surface area contributed by atoms with Gasteiger partial charge in [0.1, 0.15) is 0 Å². The van der Waals surface area contributed by atoms with Gasteiger partial charge in [0.15, 0.2) is 0 Å². The highest BCUT2D eigenvalue weighted by Crippen LogP contribution is 1.98. The fourth-order valence-electron chi connectivity index (χ4n) is 1.34. The van der Waals surface area contributed by atoms with Crippen LogP contribution in [-0.2, 0) is 9.53 Å². The molecule has 0 aliphatic rings. The largest absolute Gasteiger partial charge is 0.383 e. The van der Waals surface area contributed by atoms with Crippen molar-refractivity contribution in [1.29, 1.82) is 0 Å². The summed E-state index contributed by atoms with van der Waals surface area (Å²) in [5.74, 6) is 0.00972. The van der Waals surface area contributed by atoms with Crippen LogP contribution in [0.5, 0.6) is 0 Å². The van der Waals surface area contributed by atoms with E-state index >= 15 is 0 Å². The Morgan fingerprint density at radius 1 is 1.57 bits per heavy atom. The van der Waals surface area contributed by atoms with Crippen LogP contribution < -0.4 is 11.1 Å². The fraction of sp³-hybridized carbons (Fsp3) is 0.900. The normalized spacial score (nSPS) is 14.9. The van der Waals surface area contributed by atoms with Crippen LogP contribution in [0.15, 0.2) is 0 Å². The lowest BCUT2D eigenvalue weighted by Crippen LogP contribution is -2.38. The Kier molecular flexibility index (Phi) is 7.42. The van der Waals surface area contributed by atoms with Crippen molar-refractivity contribution >= 4 is 5.91 Å². The molecule has 0 saturated heterocycles. The van der Waals surface area contributed by atoms with Gasteiger partial charge in [-0.05, 0) is 13.3 Å². The molecule has 2 atom stereocenters. The molecule has 0 aromatic carbocycles. The first-order valence-electron chi connectivity index (χ1n) is 5.14. The molecule has 0 radical (unpaired) electrons. The number of amides is 1. The summed E-state index contributed by atoms with van der Waals surface area (Å²) in [4.78, 5) is 11.4. The minimum Gasteiger partial charge on any atom is -0.383 e. The maximum Gasteiger partial charge on any atom is 0.221 e. The van der Waals surface area contributed by atoms with Crippen LogP contribution in [-0.4, -0.2) is 31.7 Å². The molecule has 0 heterocycles. The molecule has 0 bridgehead atoms. The van der Waals surface area contributed by atoms with Crippen LogP contribution in [0, 0.1) is 0 Å². The van der Waals surface area contributed by atoms with Gasteiger partial charge in [-0.25, -0.2) is 0 Å². The SMILES string of the molecule is CCCC(N)CC(=O)NC(C)COC. The van der Waals surface area contributed by atoms with Crippen molar-refractivity contribution in [1.82, 2.24) is 5.32 Å². The van der Waals surface area contributed by atoms with Crippen molar-refractivity contribution in [2.24, 2.45) is 5.73 Å². The lowest BCUT2D eigenvalue weighted by Gasteiger charge is -2.15. The van der Waals surface area contributed by atoms with E-state index in [-0.39, 0.29) is 18.0 Å². The van der Waals surface area contributed by atoms with Gasteiger partial charge in [-0.3, -0.25) is 4.79 Å². The van der Waals surface area contributed by atoms with E-state index in [2.05, 4.69) is 12.2 Å². The van der Waals surface area contributed by atoms with Gasteiger partial charge < -0.3 is 15.8 Å². The van der Waals surface area contributed by atoms with Crippen LogP contribution >= 0.6 is 0 Å². The molecule has 0 fully saturated rings. The number of hydrogen-bond acceptors (Lipinski definition) is 3. The molecule has 4 nitrogen and oxygen atoms in total. The van der Waals surface area contributed by atoms with Crippen molar-refractivity contribution in [3.63, 3.8) is 0 Å². The Morgan fingerprint density at radius 2 is 2.21 bits per heavy atom. The van der Waals surface area contributed by atoms with Crippen molar-refractivity contribution < 1.29 is 9.53 Å². The molecule has 0 aliphatic heterocycles. The number of methoxy groups -OCH3 is 1. The summed E-state index contributed by atoms with van der Waals surface area (Å²) in [6, 6.07) is 0.0380. The summed E-state index contributed by atoms with van der Waals surface area (Å²) < 4.78 is 4.91. The number of nitrogens with two attached hydrogens (primary N) is 1. The van der Waals surface area contributed by atoms with Crippen molar-refractivity contribution in [2.75, 3.05) is 13.7 Å². The number of carbonyl (C=O) groups is 1. The van der Waals surface area contributed by atoms with Gasteiger partial charge in [0, 0.05) is 25.6 Å². The van der Waals surface area contributed by atoms with E-state index in [0.717, 1.165) is 12.8 Å². The van der Waals surface area contributed by atoms with Gasteiger partial charge in [0.05, 0.1) is 6.61 Å². The Labute approximate surface area is 86.2 Å².